The van der Waals surface area contributed by atoms with Crippen molar-refractivity contribution in [2.24, 2.45) is 0 Å². The predicted molar refractivity (Wildman–Crippen MR) is 136 cm³/mol. The van der Waals surface area contributed by atoms with Gasteiger partial charge in [0.2, 0.25) is 11.8 Å². The highest BCUT2D eigenvalue weighted by atomic mass is 16.5. The number of carbonyl (C=O) groups excluding carboxylic acids is 2. The van der Waals surface area contributed by atoms with Crippen LogP contribution in [0.15, 0.2) is 42.5 Å². The summed E-state index contributed by atoms with van der Waals surface area (Å²) < 4.78 is 11.4. The van der Waals surface area contributed by atoms with Crippen LogP contribution in [0.25, 0.3) is 0 Å². The fourth-order valence-electron chi connectivity index (χ4n) is 3.58. The van der Waals surface area contributed by atoms with Crippen molar-refractivity contribution in [2.45, 2.75) is 79.4 Å². The fourth-order valence-corrected chi connectivity index (χ4v) is 3.58. The van der Waals surface area contributed by atoms with Gasteiger partial charge in [0.25, 0.3) is 0 Å². The number of rotatable bonds is 13. The predicted octanol–water partition coefficient (Wildman–Crippen LogP) is 5.06. The molecule has 0 aromatic heterocycles. The molecule has 6 nitrogen and oxygen atoms in total. The molecule has 2 amide bonds. The second kappa shape index (κ2) is 13.6. The van der Waals surface area contributed by atoms with Crippen molar-refractivity contribution in [3.05, 3.63) is 59.2 Å². The van der Waals surface area contributed by atoms with Gasteiger partial charge in [0.15, 0.2) is 11.5 Å². The molecule has 1 N–H and O–H groups in total. The van der Waals surface area contributed by atoms with E-state index in [1.807, 2.05) is 77.1 Å². The van der Waals surface area contributed by atoms with Crippen molar-refractivity contribution in [1.82, 2.24) is 10.2 Å². The van der Waals surface area contributed by atoms with Crippen LogP contribution in [0.2, 0.25) is 0 Å². The topological polar surface area (TPSA) is 67.9 Å². The molecule has 2 unspecified atom stereocenters. The van der Waals surface area contributed by atoms with Gasteiger partial charge in [-0.05, 0) is 70.7 Å². The average molecular weight is 469 g/mol. The Hall–Kier alpha value is -3.02. The largest absolute Gasteiger partial charge is 0.490 e. The molecular weight excluding hydrogens is 428 g/mol. The number of benzene rings is 2. The quantitative estimate of drug-likeness (QED) is 0.446. The Bertz CT molecular complexity index is 927. The maximum atomic E-state index is 13.4. The summed E-state index contributed by atoms with van der Waals surface area (Å²) in [5.74, 6) is 1.21. The maximum absolute atomic E-state index is 13.4. The minimum atomic E-state index is -0.567. The molecule has 0 fully saturated rings. The first-order valence-electron chi connectivity index (χ1n) is 12.3. The number of hydrogen-bond donors (Lipinski definition) is 1. The molecule has 0 aliphatic heterocycles. The van der Waals surface area contributed by atoms with Crippen LogP contribution >= 0.6 is 0 Å². The number of amides is 2. The second-order valence-corrected chi connectivity index (χ2v) is 8.65. The van der Waals surface area contributed by atoms with Gasteiger partial charge in [-0.15, -0.1) is 0 Å². The Morgan fingerprint density at radius 2 is 1.53 bits per heavy atom. The summed E-state index contributed by atoms with van der Waals surface area (Å²) in [7, 11) is 0. The van der Waals surface area contributed by atoms with E-state index in [-0.39, 0.29) is 17.9 Å². The number of hydrogen-bond acceptors (Lipinski definition) is 4. The third kappa shape index (κ3) is 8.08. The van der Waals surface area contributed by atoms with Crippen LogP contribution in [-0.2, 0) is 22.6 Å². The van der Waals surface area contributed by atoms with E-state index in [2.05, 4.69) is 5.32 Å². The summed E-state index contributed by atoms with van der Waals surface area (Å²) in [6.07, 6.45) is 1.69. The molecule has 0 heterocycles. The molecule has 0 aliphatic carbocycles. The average Bonchev–Trinajstić information content (AvgIpc) is 2.83. The van der Waals surface area contributed by atoms with Crippen LogP contribution in [0.1, 0.15) is 64.2 Å². The molecule has 0 saturated carbocycles. The van der Waals surface area contributed by atoms with Crippen LogP contribution in [-0.4, -0.2) is 42.0 Å². The zero-order valence-electron chi connectivity index (χ0n) is 21.5. The van der Waals surface area contributed by atoms with Crippen molar-refractivity contribution in [3.63, 3.8) is 0 Å². The Labute approximate surface area is 204 Å². The Morgan fingerprint density at radius 3 is 2.15 bits per heavy atom. The third-order valence-corrected chi connectivity index (χ3v) is 5.88. The fraction of sp³-hybridized carbons (Fsp3) is 0.500. The number of carbonyl (C=O) groups is 2. The molecule has 0 spiro atoms. The molecule has 0 saturated heterocycles. The van der Waals surface area contributed by atoms with Crippen molar-refractivity contribution in [2.75, 3.05) is 13.2 Å². The molecule has 2 atom stereocenters. The first-order chi connectivity index (χ1) is 16.3. The van der Waals surface area contributed by atoms with E-state index in [1.54, 1.807) is 11.8 Å². The van der Waals surface area contributed by atoms with Crippen LogP contribution in [0, 0.1) is 6.92 Å². The van der Waals surface area contributed by atoms with Crippen LogP contribution < -0.4 is 14.8 Å². The molecule has 2 rings (SSSR count). The van der Waals surface area contributed by atoms with Crippen molar-refractivity contribution in [3.8, 4) is 11.5 Å². The van der Waals surface area contributed by atoms with Gasteiger partial charge in [-0.1, -0.05) is 42.8 Å². The van der Waals surface area contributed by atoms with Gasteiger partial charge in [-0.25, -0.2) is 0 Å². The number of nitrogens with one attached hydrogen (secondary N) is 1. The van der Waals surface area contributed by atoms with E-state index in [9.17, 15) is 9.59 Å². The lowest BCUT2D eigenvalue weighted by molar-refractivity contribution is -0.140. The van der Waals surface area contributed by atoms with Crippen molar-refractivity contribution < 1.29 is 19.1 Å². The van der Waals surface area contributed by atoms with Gasteiger partial charge in [-0.2, -0.15) is 0 Å². The molecule has 0 bridgehead atoms. The second-order valence-electron chi connectivity index (χ2n) is 8.65. The lowest BCUT2D eigenvalue weighted by Crippen LogP contribution is -2.49. The maximum Gasteiger partial charge on any atom is 0.242 e. The molecule has 0 aliphatic rings. The first-order valence-corrected chi connectivity index (χ1v) is 12.3. The molecule has 186 valence electrons. The summed E-state index contributed by atoms with van der Waals surface area (Å²) in [5, 5.41) is 3.01. The standard InChI is InChI=1S/C28H40N2O4/c1-7-21(5)29-28(32)22(6)30(19-24-12-10-20(4)11-13-24)27(31)17-15-23-14-16-25(33-8-2)26(18-23)34-9-3/h10-14,16,18,21-22H,7-9,15,17,19H2,1-6H3,(H,29,32). The van der Waals surface area contributed by atoms with Gasteiger partial charge >= 0.3 is 0 Å². The smallest absolute Gasteiger partial charge is 0.242 e. The van der Waals surface area contributed by atoms with Gasteiger partial charge in [-0.3, -0.25) is 9.59 Å². The van der Waals surface area contributed by atoms with E-state index < -0.39 is 6.04 Å². The van der Waals surface area contributed by atoms with Crippen LogP contribution in [0.5, 0.6) is 11.5 Å². The SMILES string of the molecule is CCOc1ccc(CCC(=O)N(Cc2ccc(C)cc2)C(C)C(=O)NC(C)CC)cc1OCC. The van der Waals surface area contributed by atoms with E-state index in [0.717, 1.165) is 23.1 Å². The zero-order valence-corrected chi connectivity index (χ0v) is 21.5. The lowest BCUT2D eigenvalue weighted by Gasteiger charge is -2.30. The molecule has 2 aromatic rings. The van der Waals surface area contributed by atoms with E-state index in [1.165, 1.54) is 0 Å². The lowest BCUT2D eigenvalue weighted by atomic mass is 10.1. The minimum absolute atomic E-state index is 0.0563. The molecule has 2 aromatic carbocycles. The van der Waals surface area contributed by atoms with Gasteiger partial charge < -0.3 is 19.7 Å². The van der Waals surface area contributed by atoms with E-state index in [4.69, 9.17) is 9.47 Å². The van der Waals surface area contributed by atoms with Gasteiger partial charge in [0.1, 0.15) is 6.04 Å². The van der Waals surface area contributed by atoms with E-state index in [0.29, 0.717) is 44.1 Å². The molecule has 6 heteroatoms. The van der Waals surface area contributed by atoms with Crippen molar-refractivity contribution >= 4 is 11.8 Å². The highest BCUT2D eigenvalue weighted by molar-refractivity contribution is 5.87. The van der Waals surface area contributed by atoms with Crippen LogP contribution in [0.4, 0.5) is 0 Å². The van der Waals surface area contributed by atoms with Crippen LogP contribution in [0.3, 0.4) is 0 Å². The monoisotopic (exact) mass is 468 g/mol. The van der Waals surface area contributed by atoms with Gasteiger partial charge in [0.05, 0.1) is 13.2 Å². The summed E-state index contributed by atoms with van der Waals surface area (Å²) in [5.41, 5.74) is 3.15. The summed E-state index contributed by atoms with van der Waals surface area (Å²) >= 11 is 0. The number of nitrogens with zero attached hydrogens (tertiary/aromatic N) is 1. The Balaban J connectivity index is 2.17. The highest BCUT2D eigenvalue weighted by Crippen LogP contribution is 2.29. The Morgan fingerprint density at radius 1 is 0.912 bits per heavy atom. The first kappa shape index (κ1) is 27.2. The van der Waals surface area contributed by atoms with Crippen molar-refractivity contribution in [1.29, 1.82) is 0 Å². The summed E-state index contributed by atoms with van der Waals surface area (Å²) in [6, 6.07) is 13.4. The molecule has 34 heavy (non-hydrogen) atoms. The number of aryl methyl sites for hydroxylation is 2. The summed E-state index contributed by atoms with van der Waals surface area (Å²) in [4.78, 5) is 27.9. The minimum Gasteiger partial charge on any atom is -0.490 e. The number of ether oxygens (including phenoxy) is 2. The molecular formula is C28H40N2O4. The zero-order chi connectivity index (χ0) is 25.1. The van der Waals surface area contributed by atoms with E-state index >= 15 is 0 Å². The third-order valence-electron chi connectivity index (χ3n) is 5.88. The summed E-state index contributed by atoms with van der Waals surface area (Å²) in [6.45, 7) is 13.2. The highest BCUT2D eigenvalue weighted by Gasteiger charge is 2.26. The normalized spacial score (nSPS) is 12.5. The van der Waals surface area contributed by atoms with Gasteiger partial charge in [0, 0.05) is 19.0 Å². The Kier molecular flexibility index (Phi) is 10.9. The molecule has 0 radical (unpaired) electrons.